The van der Waals surface area contributed by atoms with E-state index in [9.17, 15) is 0 Å². The van der Waals surface area contributed by atoms with Crippen LogP contribution in [0.25, 0.3) is 0 Å². The van der Waals surface area contributed by atoms with Crippen LogP contribution in [0, 0.1) is 11.3 Å². The average Bonchev–Trinajstić information content (AvgIpc) is 2.48. The molecule has 0 saturated carbocycles. The second-order valence-corrected chi connectivity index (χ2v) is 5.73. The Morgan fingerprint density at radius 2 is 2.19 bits per heavy atom. The SMILES string of the molecule is CCNC(C)c1ccc(N(CCC#N)CCOC)c(Br)c1. The van der Waals surface area contributed by atoms with E-state index in [0.717, 1.165) is 23.2 Å². The lowest BCUT2D eigenvalue weighted by Crippen LogP contribution is -2.28. The van der Waals surface area contributed by atoms with Crippen LogP contribution in [0.4, 0.5) is 5.69 Å². The number of nitrogens with one attached hydrogen (secondary N) is 1. The lowest BCUT2D eigenvalue weighted by Gasteiger charge is -2.25. The van der Waals surface area contributed by atoms with Gasteiger partial charge in [0.2, 0.25) is 0 Å². The molecular weight excluding hydrogens is 330 g/mol. The molecule has 5 heteroatoms. The van der Waals surface area contributed by atoms with Crippen molar-refractivity contribution in [3.63, 3.8) is 0 Å². The van der Waals surface area contributed by atoms with Gasteiger partial charge in [-0.25, -0.2) is 0 Å². The molecule has 0 heterocycles. The standard InChI is InChI=1S/C16H24BrN3O/c1-4-19-13(2)14-6-7-16(15(17)12-14)20(9-5-8-18)10-11-21-3/h6-7,12-13,19H,4-5,9-11H2,1-3H3. The van der Waals surface area contributed by atoms with Gasteiger partial charge in [0, 0.05) is 30.7 Å². The second kappa shape index (κ2) is 9.78. The number of halogens is 1. The van der Waals surface area contributed by atoms with Crippen molar-refractivity contribution in [1.82, 2.24) is 5.32 Å². The van der Waals surface area contributed by atoms with Gasteiger partial charge in [0.1, 0.15) is 0 Å². The number of hydrogen-bond donors (Lipinski definition) is 1. The van der Waals surface area contributed by atoms with Crippen LogP contribution in [-0.4, -0.2) is 33.4 Å². The van der Waals surface area contributed by atoms with Crippen LogP contribution in [0.2, 0.25) is 0 Å². The van der Waals surface area contributed by atoms with E-state index >= 15 is 0 Å². The van der Waals surface area contributed by atoms with E-state index in [1.165, 1.54) is 5.56 Å². The number of methoxy groups -OCH3 is 1. The first-order chi connectivity index (χ1) is 10.1. The topological polar surface area (TPSA) is 48.3 Å². The predicted octanol–water partition coefficient (Wildman–Crippen LogP) is 3.49. The first-order valence-corrected chi connectivity index (χ1v) is 8.07. The maximum absolute atomic E-state index is 8.80. The van der Waals surface area contributed by atoms with Crippen LogP contribution in [0.5, 0.6) is 0 Å². The molecule has 1 N–H and O–H groups in total. The molecule has 4 nitrogen and oxygen atoms in total. The number of anilines is 1. The Labute approximate surface area is 136 Å². The molecule has 0 aliphatic heterocycles. The molecule has 0 saturated heterocycles. The van der Waals surface area contributed by atoms with Gasteiger partial charge >= 0.3 is 0 Å². The second-order valence-electron chi connectivity index (χ2n) is 4.88. The molecule has 0 radical (unpaired) electrons. The Morgan fingerprint density at radius 3 is 2.76 bits per heavy atom. The van der Waals surface area contributed by atoms with Crippen molar-refractivity contribution < 1.29 is 4.74 Å². The van der Waals surface area contributed by atoms with Crippen molar-refractivity contribution in [2.75, 3.05) is 38.3 Å². The number of ether oxygens (including phenoxy) is 1. The molecule has 1 aromatic rings. The van der Waals surface area contributed by atoms with Gasteiger partial charge in [-0.15, -0.1) is 0 Å². The Morgan fingerprint density at radius 1 is 1.43 bits per heavy atom. The van der Waals surface area contributed by atoms with E-state index in [0.29, 0.717) is 25.6 Å². The maximum atomic E-state index is 8.80. The minimum atomic E-state index is 0.326. The van der Waals surface area contributed by atoms with E-state index in [4.69, 9.17) is 10.00 Å². The van der Waals surface area contributed by atoms with E-state index in [1.807, 2.05) is 0 Å². The molecule has 0 bridgehead atoms. The van der Waals surface area contributed by atoms with Gasteiger partial charge in [-0.1, -0.05) is 13.0 Å². The van der Waals surface area contributed by atoms with E-state index in [1.54, 1.807) is 7.11 Å². The summed E-state index contributed by atoms with van der Waals surface area (Å²) in [6.07, 6.45) is 0.506. The van der Waals surface area contributed by atoms with Gasteiger partial charge < -0.3 is 15.0 Å². The van der Waals surface area contributed by atoms with Crippen molar-refractivity contribution in [2.45, 2.75) is 26.3 Å². The number of nitriles is 1. The van der Waals surface area contributed by atoms with Gasteiger partial charge in [-0.3, -0.25) is 0 Å². The first-order valence-electron chi connectivity index (χ1n) is 7.27. The summed E-state index contributed by atoms with van der Waals surface area (Å²) in [7, 11) is 1.69. The van der Waals surface area contributed by atoms with Gasteiger partial charge in [0.05, 0.1) is 24.8 Å². The van der Waals surface area contributed by atoms with Crippen LogP contribution in [-0.2, 0) is 4.74 Å². The lowest BCUT2D eigenvalue weighted by molar-refractivity contribution is 0.205. The molecule has 1 atom stereocenters. The van der Waals surface area contributed by atoms with Gasteiger partial charge in [0.25, 0.3) is 0 Å². The van der Waals surface area contributed by atoms with Crippen LogP contribution in [0.15, 0.2) is 22.7 Å². The quantitative estimate of drug-likeness (QED) is 0.738. The Kier molecular flexibility index (Phi) is 8.36. The van der Waals surface area contributed by atoms with E-state index in [-0.39, 0.29) is 0 Å². The number of benzene rings is 1. The summed E-state index contributed by atoms with van der Waals surface area (Å²) >= 11 is 3.66. The summed E-state index contributed by atoms with van der Waals surface area (Å²) in [5, 5.41) is 12.2. The first kappa shape index (κ1) is 18.0. The number of hydrogen-bond acceptors (Lipinski definition) is 4. The highest BCUT2D eigenvalue weighted by molar-refractivity contribution is 9.10. The number of rotatable bonds is 9. The van der Waals surface area contributed by atoms with Crippen molar-refractivity contribution in [2.24, 2.45) is 0 Å². The van der Waals surface area contributed by atoms with Crippen molar-refractivity contribution in [3.8, 4) is 6.07 Å². The van der Waals surface area contributed by atoms with Crippen LogP contribution in [0.3, 0.4) is 0 Å². The third-order valence-electron chi connectivity index (χ3n) is 3.38. The monoisotopic (exact) mass is 353 g/mol. The molecule has 0 amide bonds. The Balaban J connectivity index is 2.90. The molecule has 0 aliphatic rings. The molecule has 116 valence electrons. The lowest BCUT2D eigenvalue weighted by atomic mass is 10.1. The van der Waals surface area contributed by atoms with Gasteiger partial charge in [0.15, 0.2) is 0 Å². The fourth-order valence-corrected chi connectivity index (χ4v) is 2.86. The summed E-state index contributed by atoms with van der Waals surface area (Å²) < 4.78 is 6.21. The van der Waals surface area contributed by atoms with E-state index in [2.05, 4.69) is 64.3 Å². The molecular formula is C16H24BrN3O. The van der Waals surface area contributed by atoms with Crippen molar-refractivity contribution in [1.29, 1.82) is 5.26 Å². The highest BCUT2D eigenvalue weighted by Crippen LogP contribution is 2.29. The zero-order valence-corrected chi connectivity index (χ0v) is 14.6. The zero-order chi connectivity index (χ0) is 15.7. The summed E-state index contributed by atoms with van der Waals surface area (Å²) in [6.45, 7) is 7.34. The van der Waals surface area contributed by atoms with Gasteiger partial charge in [-0.2, -0.15) is 5.26 Å². The van der Waals surface area contributed by atoms with Crippen LogP contribution in [0.1, 0.15) is 31.9 Å². The summed E-state index contributed by atoms with van der Waals surface area (Å²) in [5.41, 5.74) is 2.36. The number of nitrogens with zero attached hydrogens (tertiary/aromatic N) is 2. The normalized spacial score (nSPS) is 12.0. The molecule has 0 spiro atoms. The molecule has 1 rings (SSSR count). The van der Waals surface area contributed by atoms with Crippen molar-refractivity contribution in [3.05, 3.63) is 28.2 Å². The molecule has 0 fully saturated rings. The average molecular weight is 354 g/mol. The fraction of sp³-hybridized carbons (Fsp3) is 0.562. The minimum Gasteiger partial charge on any atom is -0.383 e. The zero-order valence-electron chi connectivity index (χ0n) is 13.0. The third kappa shape index (κ3) is 5.66. The van der Waals surface area contributed by atoms with Gasteiger partial charge in [-0.05, 0) is 47.1 Å². The van der Waals surface area contributed by atoms with E-state index < -0.39 is 0 Å². The van der Waals surface area contributed by atoms with Crippen LogP contribution < -0.4 is 10.2 Å². The smallest absolute Gasteiger partial charge is 0.0640 e. The predicted molar refractivity (Wildman–Crippen MR) is 90.6 cm³/mol. The maximum Gasteiger partial charge on any atom is 0.0640 e. The molecule has 0 aromatic heterocycles. The molecule has 0 aliphatic carbocycles. The molecule has 21 heavy (non-hydrogen) atoms. The Hall–Kier alpha value is -1.09. The molecule has 1 unspecified atom stereocenters. The third-order valence-corrected chi connectivity index (χ3v) is 4.02. The minimum absolute atomic E-state index is 0.326. The largest absolute Gasteiger partial charge is 0.383 e. The summed E-state index contributed by atoms with van der Waals surface area (Å²) in [4.78, 5) is 2.18. The highest BCUT2D eigenvalue weighted by atomic mass is 79.9. The van der Waals surface area contributed by atoms with Crippen LogP contribution >= 0.6 is 15.9 Å². The highest BCUT2D eigenvalue weighted by Gasteiger charge is 2.12. The summed E-state index contributed by atoms with van der Waals surface area (Å²) in [6, 6.07) is 8.93. The molecule has 1 aromatic carbocycles. The fourth-order valence-electron chi connectivity index (χ4n) is 2.21. The van der Waals surface area contributed by atoms with Crippen molar-refractivity contribution >= 4 is 21.6 Å². The summed E-state index contributed by atoms with van der Waals surface area (Å²) in [5.74, 6) is 0. The Bertz CT molecular complexity index is 473.